The number of rotatable bonds is 4. The van der Waals surface area contributed by atoms with Gasteiger partial charge in [0, 0.05) is 17.2 Å². The second-order valence-electron chi connectivity index (χ2n) is 5.50. The number of anilines is 1. The van der Waals surface area contributed by atoms with Gasteiger partial charge in [-0.3, -0.25) is 0 Å². The highest BCUT2D eigenvalue weighted by molar-refractivity contribution is 9.10. The van der Waals surface area contributed by atoms with E-state index < -0.39 is 5.97 Å². The van der Waals surface area contributed by atoms with Crippen molar-refractivity contribution in [2.45, 2.75) is 27.7 Å². The van der Waals surface area contributed by atoms with Gasteiger partial charge in [-0.1, -0.05) is 27.7 Å². The minimum atomic E-state index is -0.977. The Morgan fingerprint density at radius 3 is 2.67 bits per heavy atom. The number of carbonyl (C=O) groups is 1. The Morgan fingerprint density at radius 2 is 2.17 bits per heavy atom. The minimum Gasteiger partial charge on any atom is -0.478 e. The molecule has 100 valence electrons. The lowest BCUT2D eigenvalue weighted by molar-refractivity contribution is 0.0697. The number of nitrogens with zero attached hydrogens (tertiary/aromatic N) is 1. The Kier molecular flexibility index (Phi) is 4.73. The van der Waals surface area contributed by atoms with E-state index in [1.807, 2.05) is 0 Å². The fraction of sp³-hybridized carbons (Fsp3) is 0.538. The van der Waals surface area contributed by atoms with E-state index in [2.05, 4.69) is 53.9 Å². The first kappa shape index (κ1) is 15.0. The van der Waals surface area contributed by atoms with Gasteiger partial charge in [-0.2, -0.15) is 0 Å². The average molecular weight is 315 g/mol. The third kappa shape index (κ3) is 3.98. The smallest absolute Gasteiger partial charge is 0.339 e. The maximum Gasteiger partial charge on any atom is 0.339 e. The number of hydrogen-bond acceptors (Lipinski definition) is 3. The maximum absolute atomic E-state index is 11.1. The first-order valence-electron chi connectivity index (χ1n) is 5.84. The second kappa shape index (κ2) is 5.69. The van der Waals surface area contributed by atoms with Crippen LogP contribution in [0.3, 0.4) is 0 Å². The van der Waals surface area contributed by atoms with E-state index in [4.69, 9.17) is 5.11 Å². The first-order chi connectivity index (χ1) is 8.21. The van der Waals surface area contributed by atoms with E-state index in [0.29, 0.717) is 22.8 Å². The summed E-state index contributed by atoms with van der Waals surface area (Å²) in [6.45, 7) is 9.30. The number of aromatic nitrogens is 1. The molecule has 1 aromatic rings. The molecule has 0 aliphatic carbocycles. The Hall–Kier alpha value is -1.10. The van der Waals surface area contributed by atoms with Crippen LogP contribution in [-0.2, 0) is 0 Å². The van der Waals surface area contributed by atoms with E-state index in [1.54, 1.807) is 12.3 Å². The van der Waals surface area contributed by atoms with Gasteiger partial charge in [0.2, 0.25) is 0 Å². The summed E-state index contributed by atoms with van der Waals surface area (Å²) < 4.78 is 0.661. The Morgan fingerprint density at radius 1 is 1.56 bits per heavy atom. The minimum absolute atomic E-state index is 0.172. The molecule has 1 unspecified atom stereocenters. The predicted molar refractivity (Wildman–Crippen MR) is 76.0 cm³/mol. The van der Waals surface area contributed by atoms with Crippen molar-refractivity contribution >= 4 is 27.7 Å². The van der Waals surface area contributed by atoms with E-state index in [-0.39, 0.29) is 11.0 Å². The van der Waals surface area contributed by atoms with Crippen LogP contribution in [0.1, 0.15) is 38.1 Å². The molecule has 1 atom stereocenters. The van der Waals surface area contributed by atoms with Crippen LogP contribution in [0.2, 0.25) is 0 Å². The zero-order chi connectivity index (χ0) is 13.9. The fourth-order valence-corrected chi connectivity index (χ4v) is 1.63. The van der Waals surface area contributed by atoms with Crippen LogP contribution in [0.15, 0.2) is 16.7 Å². The largest absolute Gasteiger partial charge is 0.478 e. The summed E-state index contributed by atoms with van der Waals surface area (Å²) >= 11 is 3.22. The molecule has 0 spiro atoms. The van der Waals surface area contributed by atoms with Crippen molar-refractivity contribution in [2.75, 3.05) is 11.9 Å². The zero-order valence-corrected chi connectivity index (χ0v) is 12.7. The number of pyridine rings is 1. The van der Waals surface area contributed by atoms with Gasteiger partial charge in [0.15, 0.2) is 0 Å². The van der Waals surface area contributed by atoms with E-state index in [0.717, 1.165) is 0 Å². The predicted octanol–water partition coefficient (Wildman–Crippen LogP) is 3.64. The molecule has 1 aromatic heterocycles. The van der Waals surface area contributed by atoms with E-state index >= 15 is 0 Å². The number of carboxylic acid groups (broad SMARTS) is 1. The monoisotopic (exact) mass is 314 g/mol. The first-order valence-corrected chi connectivity index (χ1v) is 6.64. The van der Waals surface area contributed by atoms with Crippen molar-refractivity contribution < 1.29 is 9.90 Å². The standard InChI is InChI=1S/C13H19BrN2O2/c1-8(13(2,3)4)6-15-11-10(12(17)18)5-9(14)7-16-11/h5,7-8H,6H2,1-4H3,(H,15,16)(H,17,18). The third-order valence-corrected chi connectivity index (χ3v) is 3.57. The molecule has 5 heteroatoms. The molecule has 4 nitrogen and oxygen atoms in total. The quantitative estimate of drug-likeness (QED) is 0.890. The van der Waals surface area contributed by atoms with Crippen LogP contribution < -0.4 is 5.32 Å². The van der Waals surface area contributed by atoms with E-state index in [1.165, 1.54) is 0 Å². The van der Waals surface area contributed by atoms with Gasteiger partial charge < -0.3 is 10.4 Å². The topological polar surface area (TPSA) is 62.2 Å². The molecule has 18 heavy (non-hydrogen) atoms. The number of aromatic carboxylic acids is 1. The SMILES string of the molecule is CC(CNc1ncc(Br)cc1C(=O)O)C(C)(C)C. The summed E-state index contributed by atoms with van der Waals surface area (Å²) in [5, 5.41) is 12.2. The second-order valence-corrected chi connectivity index (χ2v) is 6.42. The summed E-state index contributed by atoms with van der Waals surface area (Å²) in [5.41, 5.74) is 0.358. The Bertz CT molecular complexity index is 441. The van der Waals surface area contributed by atoms with Gasteiger partial charge in [0.1, 0.15) is 11.4 Å². The maximum atomic E-state index is 11.1. The summed E-state index contributed by atoms with van der Waals surface area (Å²) in [4.78, 5) is 15.2. The highest BCUT2D eigenvalue weighted by atomic mass is 79.9. The lowest BCUT2D eigenvalue weighted by Gasteiger charge is -2.27. The van der Waals surface area contributed by atoms with Crippen molar-refractivity contribution in [3.05, 3.63) is 22.3 Å². The number of nitrogens with one attached hydrogen (secondary N) is 1. The molecule has 1 rings (SSSR count). The molecule has 0 amide bonds. The van der Waals surface area contributed by atoms with Gasteiger partial charge in [-0.05, 0) is 33.3 Å². The molecule has 0 fully saturated rings. The third-order valence-electron chi connectivity index (χ3n) is 3.14. The molecule has 0 saturated heterocycles. The van der Waals surface area contributed by atoms with Crippen LogP contribution in [0.5, 0.6) is 0 Å². The molecule has 0 aromatic carbocycles. The Labute approximate surface area is 116 Å². The molecule has 2 N–H and O–H groups in total. The van der Waals surface area contributed by atoms with Gasteiger partial charge in [0.25, 0.3) is 0 Å². The van der Waals surface area contributed by atoms with Crippen LogP contribution in [0.25, 0.3) is 0 Å². The molecule has 0 bridgehead atoms. The average Bonchev–Trinajstić information content (AvgIpc) is 2.25. The summed E-state index contributed by atoms with van der Waals surface area (Å²) in [5.74, 6) is -0.152. The summed E-state index contributed by atoms with van der Waals surface area (Å²) in [6.07, 6.45) is 1.59. The molecule has 0 radical (unpaired) electrons. The normalized spacial score (nSPS) is 13.2. The van der Waals surface area contributed by atoms with Crippen molar-refractivity contribution in [3.63, 3.8) is 0 Å². The molecule has 0 aliphatic heterocycles. The van der Waals surface area contributed by atoms with E-state index in [9.17, 15) is 4.79 Å². The van der Waals surface area contributed by atoms with Crippen LogP contribution in [0, 0.1) is 11.3 Å². The van der Waals surface area contributed by atoms with Crippen LogP contribution in [0.4, 0.5) is 5.82 Å². The van der Waals surface area contributed by atoms with Crippen molar-refractivity contribution in [3.8, 4) is 0 Å². The summed E-state index contributed by atoms with van der Waals surface area (Å²) in [6, 6.07) is 1.55. The molecular formula is C13H19BrN2O2. The molecule has 1 heterocycles. The fourth-order valence-electron chi connectivity index (χ4n) is 1.30. The Balaban J connectivity index is 2.82. The molecule has 0 aliphatic rings. The van der Waals surface area contributed by atoms with Crippen LogP contribution in [-0.4, -0.2) is 22.6 Å². The highest BCUT2D eigenvalue weighted by Crippen LogP contribution is 2.26. The van der Waals surface area contributed by atoms with Gasteiger partial charge >= 0.3 is 5.97 Å². The van der Waals surface area contributed by atoms with Crippen molar-refractivity contribution in [1.82, 2.24) is 4.98 Å². The van der Waals surface area contributed by atoms with Gasteiger partial charge in [-0.15, -0.1) is 0 Å². The number of hydrogen-bond donors (Lipinski definition) is 2. The number of carboxylic acids is 1. The van der Waals surface area contributed by atoms with Gasteiger partial charge in [-0.25, -0.2) is 9.78 Å². The highest BCUT2D eigenvalue weighted by Gasteiger charge is 2.20. The van der Waals surface area contributed by atoms with Crippen molar-refractivity contribution in [2.24, 2.45) is 11.3 Å². The lowest BCUT2D eigenvalue weighted by Crippen LogP contribution is -2.25. The summed E-state index contributed by atoms with van der Waals surface area (Å²) in [7, 11) is 0. The van der Waals surface area contributed by atoms with Gasteiger partial charge in [0.05, 0.1) is 0 Å². The molecular weight excluding hydrogens is 296 g/mol. The molecule has 0 saturated carbocycles. The number of halogens is 1. The van der Waals surface area contributed by atoms with Crippen molar-refractivity contribution in [1.29, 1.82) is 0 Å². The van der Waals surface area contributed by atoms with Crippen LogP contribution >= 0.6 is 15.9 Å². The lowest BCUT2D eigenvalue weighted by atomic mass is 9.82. The zero-order valence-electron chi connectivity index (χ0n) is 11.1.